The molecule has 0 N–H and O–H groups in total. The molecule has 3 aromatic rings. The first-order valence-electron chi connectivity index (χ1n) is 12.6. The molecule has 2 aromatic carbocycles. The molecule has 1 atom stereocenters. The first kappa shape index (κ1) is 26.1. The fourth-order valence-corrected chi connectivity index (χ4v) is 4.81. The summed E-state index contributed by atoms with van der Waals surface area (Å²) in [5.74, 6) is 2.03. The highest BCUT2D eigenvalue weighted by molar-refractivity contribution is 6.33. The van der Waals surface area contributed by atoms with Crippen molar-refractivity contribution < 1.29 is 9.53 Å². The van der Waals surface area contributed by atoms with Crippen LogP contribution in [-0.4, -0.2) is 54.1 Å². The van der Waals surface area contributed by atoms with Crippen molar-refractivity contribution in [2.75, 3.05) is 38.2 Å². The Morgan fingerprint density at radius 2 is 1.83 bits per heavy atom. The van der Waals surface area contributed by atoms with Crippen LogP contribution in [0.15, 0.2) is 48.5 Å². The van der Waals surface area contributed by atoms with E-state index in [1.165, 1.54) is 11.1 Å². The van der Waals surface area contributed by atoms with Gasteiger partial charge in [-0.25, -0.2) is 9.97 Å². The van der Waals surface area contributed by atoms with Gasteiger partial charge >= 0.3 is 0 Å². The zero-order chi connectivity index (χ0) is 25.7. The van der Waals surface area contributed by atoms with Crippen LogP contribution in [0.4, 0.5) is 5.82 Å². The second-order valence-corrected chi connectivity index (χ2v) is 9.91. The molecule has 190 valence electrons. The van der Waals surface area contributed by atoms with Gasteiger partial charge in [0.2, 0.25) is 0 Å². The number of halogens is 1. The van der Waals surface area contributed by atoms with Gasteiger partial charge in [0.1, 0.15) is 11.6 Å². The number of carbonyl (C=O) groups is 1. The number of nitrogens with zero attached hydrogens (tertiary/aromatic N) is 4. The first-order valence-corrected chi connectivity index (χ1v) is 13.0. The van der Waals surface area contributed by atoms with Crippen LogP contribution in [0.3, 0.4) is 0 Å². The molecule has 1 aliphatic rings. The normalized spacial score (nSPS) is 14.7. The Balaban J connectivity index is 1.65. The average Bonchev–Trinajstić information content (AvgIpc) is 2.89. The first-order chi connectivity index (χ1) is 17.4. The van der Waals surface area contributed by atoms with Gasteiger partial charge in [0.25, 0.3) is 5.91 Å². The van der Waals surface area contributed by atoms with E-state index in [1.54, 1.807) is 19.2 Å². The maximum absolute atomic E-state index is 13.1. The van der Waals surface area contributed by atoms with Crippen molar-refractivity contribution in [1.29, 1.82) is 0 Å². The minimum Gasteiger partial charge on any atom is -0.378 e. The molecule has 2 heterocycles. The van der Waals surface area contributed by atoms with E-state index in [2.05, 4.69) is 49.9 Å². The molecule has 7 heteroatoms. The van der Waals surface area contributed by atoms with Gasteiger partial charge in [-0.2, -0.15) is 0 Å². The highest BCUT2D eigenvalue weighted by Crippen LogP contribution is 2.29. The quantitative estimate of drug-likeness (QED) is 0.395. The number of anilines is 1. The molecule has 0 bridgehead atoms. The Morgan fingerprint density at radius 1 is 1.08 bits per heavy atom. The van der Waals surface area contributed by atoms with Crippen molar-refractivity contribution in [3.63, 3.8) is 0 Å². The lowest BCUT2D eigenvalue weighted by Crippen LogP contribution is -2.49. The third kappa shape index (κ3) is 5.88. The van der Waals surface area contributed by atoms with Crippen LogP contribution in [0.1, 0.15) is 64.8 Å². The second kappa shape index (κ2) is 11.8. The van der Waals surface area contributed by atoms with Crippen LogP contribution in [0, 0.1) is 6.92 Å². The lowest BCUT2D eigenvalue weighted by Gasteiger charge is -2.37. The van der Waals surface area contributed by atoms with Crippen molar-refractivity contribution in [3.05, 3.63) is 87.3 Å². The molecule has 1 amide bonds. The molecule has 1 fully saturated rings. The van der Waals surface area contributed by atoms with Gasteiger partial charge in [-0.1, -0.05) is 67.4 Å². The van der Waals surface area contributed by atoms with Gasteiger partial charge in [-0.3, -0.25) is 4.79 Å². The number of carbonyl (C=O) groups excluding carboxylic acids is 1. The van der Waals surface area contributed by atoms with Crippen LogP contribution in [-0.2, 0) is 17.8 Å². The maximum atomic E-state index is 13.1. The zero-order valence-electron chi connectivity index (χ0n) is 21.6. The van der Waals surface area contributed by atoms with Gasteiger partial charge in [0.05, 0.1) is 22.9 Å². The molecule has 0 spiro atoms. The molecule has 36 heavy (non-hydrogen) atoms. The molecular weight excluding hydrogens is 472 g/mol. The Morgan fingerprint density at radius 3 is 2.50 bits per heavy atom. The van der Waals surface area contributed by atoms with E-state index in [1.807, 2.05) is 17.0 Å². The molecule has 4 rings (SSSR count). The van der Waals surface area contributed by atoms with E-state index >= 15 is 0 Å². The number of hydrogen-bond donors (Lipinski definition) is 0. The molecule has 1 aromatic heterocycles. The number of ether oxygens (including phenoxy) is 1. The molecule has 0 radical (unpaired) electrons. The summed E-state index contributed by atoms with van der Waals surface area (Å²) >= 11 is 6.29. The summed E-state index contributed by atoms with van der Waals surface area (Å²) in [7, 11) is 1.71. The lowest BCUT2D eigenvalue weighted by atomic mass is 10.0. The van der Waals surface area contributed by atoms with E-state index in [0.29, 0.717) is 43.4 Å². The summed E-state index contributed by atoms with van der Waals surface area (Å²) in [6.45, 7) is 9.47. The van der Waals surface area contributed by atoms with E-state index in [4.69, 9.17) is 26.3 Å². The number of piperazine rings is 1. The van der Waals surface area contributed by atoms with Crippen molar-refractivity contribution in [2.45, 2.75) is 46.1 Å². The van der Waals surface area contributed by atoms with E-state index in [9.17, 15) is 4.79 Å². The number of aryl methyl sites for hydroxylation is 1. The van der Waals surface area contributed by atoms with Gasteiger partial charge in [0, 0.05) is 51.2 Å². The molecule has 0 unspecified atom stereocenters. The van der Waals surface area contributed by atoms with E-state index in [-0.39, 0.29) is 11.8 Å². The number of methoxy groups -OCH3 is 1. The molecule has 1 aliphatic heterocycles. The number of rotatable bonds is 8. The number of aromatic nitrogens is 2. The number of amides is 1. The summed E-state index contributed by atoms with van der Waals surface area (Å²) in [6.07, 6.45) is 1.69. The molecule has 6 nitrogen and oxygen atoms in total. The van der Waals surface area contributed by atoms with Crippen molar-refractivity contribution in [3.8, 4) is 0 Å². The number of hydrogen-bond acceptors (Lipinski definition) is 5. The summed E-state index contributed by atoms with van der Waals surface area (Å²) in [5, 5.41) is 0.489. The molecule has 0 saturated carbocycles. The Hall–Kier alpha value is -2.96. The van der Waals surface area contributed by atoms with Crippen LogP contribution < -0.4 is 4.90 Å². The Labute approximate surface area is 219 Å². The molecule has 1 saturated heterocycles. The number of benzene rings is 2. The summed E-state index contributed by atoms with van der Waals surface area (Å²) in [4.78, 5) is 27.3. The maximum Gasteiger partial charge on any atom is 0.255 e. The second-order valence-electron chi connectivity index (χ2n) is 9.50. The van der Waals surface area contributed by atoms with Gasteiger partial charge < -0.3 is 14.5 Å². The Kier molecular flexibility index (Phi) is 8.60. The minimum atomic E-state index is -0.0247. The average molecular weight is 507 g/mol. The Bertz CT molecular complexity index is 1210. The third-order valence-electron chi connectivity index (χ3n) is 6.86. The smallest absolute Gasteiger partial charge is 0.255 e. The standard InChI is InChI=1S/C29H35ClN4O2/c1-5-21(3)27-31-26(19-36-4)24(18-22-10-8-9-20(2)17-22)28(32-27)33-13-15-34(16-14-33)29(35)23-11-6-7-12-25(23)30/h6-12,17,21H,5,13-16,18-19H2,1-4H3/t21-/m0/s1. The van der Waals surface area contributed by atoms with Crippen LogP contribution in [0.2, 0.25) is 5.02 Å². The summed E-state index contributed by atoms with van der Waals surface area (Å²) in [5.41, 5.74) is 5.04. The zero-order valence-corrected chi connectivity index (χ0v) is 22.4. The van der Waals surface area contributed by atoms with Crippen molar-refractivity contribution in [2.24, 2.45) is 0 Å². The van der Waals surface area contributed by atoms with Gasteiger partial charge in [-0.05, 0) is 31.0 Å². The fraction of sp³-hybridized carbons (Fsp3) is 0.414. The van der Waals surface area contributed by atoms with Crippen LogP contribution >= 0.6 is 11.6 Å². The monoisotopic (exact) mass is 506 g/mol. The molecular formula is C29H35ClN4O2. The molecule has 0 aliphatic carbocycles. The SMILES string of the molecule is CC[C@H](C)c1nc(COC)c(Cc2cccc(C)c2)c(N2CCN(C(=O)c3ccccc3Cl)CC2)n1. The third-order valence-corrected chi connectivity index (χ3v) is 7.19. The highest BCUT2D eigenvalue weighted by Gasteiger charge is 2.27. The highest BCUT2D eigenvalue weighted by atomic mass is 35.5. The van der Waals surface area contributed by atoms with E-state index in [0.717, 1.165) is 35.7 Å². The fourth-order valence-electron chi connectivity index (χ4n) is 4.59. The minimum absolute atomic E-state index is 0.0247. The predicted molar refractivity (Wildman–Crippen MR) is 145 cm³/mol. The lowest BCUT2D eigenvalue weighted by molar-refractivity contribution is 0.0746. The summed E-state index contributed by atoms with van der Waals surface area (Å²) in [6, 6.07) is 15.8. The summed E-state index contributed by atoms with van der Waals surface area (Å²) < 4.78 is 5.58. The van der Waals surface area contributed by atoms with Crippen molar-refractivity contribution >= 4 is 23.3 Å². The topological polar surface area (TPSA) is 58.6 Å². The van der Waals surface area contributed by atoms with Crippen molar-refractivity contribution in [1.82, 2.24) is 14.9 Å². The van der Waals surface area contributed by atoms with Gasteiger partial charge in [-0.15, -0.1) is 0 Å². The van der Waals surface area contributed by atoms with Crippen LogP contribution in [0.25, 0.3) is 0 Å². The van der Waals surface area contributed by atoms with Gasteiger partial charge in [0.15, 0.2) is 0 Å². The van der Waals surface area contributed by atoms with Crippen LogP contribution in [0.5, 0.6) is 0 Å². The predicted octanol–water partition coefficient (Wildman–Crippen LogP) is 5.65. The largest absolute Gasteiger partial charge is 0.378 e. The van der Waals surface area contributed by atoms with E-state index < -0.39 is 0 Å².